The molecule has 0 aromatic carbocycles. The van der Waals surface area contributed by atoms with E-state index in [0.29, 0.717) is 48.0 Å². The summed E-state index contributed by atoms with van der Waals surface area (Å²) >= 11 is 0. The highest BCUT2D eigenvalue weighted by atomic mass is 16.5. The molecule has 0 aliphatic carbocycles. The molecular weight excluding hydrogens is 482 g/mol. The van der Waals surface area contributed by atoms with E-state index in [2.05, 4.69) is 21.1 Å². The summed E-state index contributed by atoms with van der Waals surface area (Å²) in [6.07, 6.45) is 6.70. The van der Waals surface area contributed by atoms with E-state index < -0.39 is 0 Å². The number of nitrogens with zero attached hydrogens (tertiary/aromatic N) is 7. The van der Waals surface area contributed by atoms with Crippen LogP contribution in [0.3, 0.4) is 0 Å². The van der Waals surface area contributed by atoms with Gasteiger partial charge in [-0.25, -0.2) is 14.5 Å². The van der Waals surface area contributed by atoms with Gasteiger partial charge in [0.05, 0.1) is 42.8 Å². The number of hydrogen-bond acceptors (Lipinski definition) is 8. The van der Waals surface area contributed by atoms with Gasteiger partial charge >= 0.3 is 0 Å². The van der Waals surface area contributed by atoms with Crippen molar-refractivity contribution in [3.63, 3.8) is 0 Å². The second-order valence-corrected chi connectivity index (χ2v) is 9.30. The molecule has 10 heteroatoms. The van der Waals surface area contributed by atoms with Gasteiger partial charge in [0.25, 0.3) is 5.91 Å². The van der Waals surface area contributed by atoms with E-state index in [1.54, 1.807) is 42.3 Å². The number of carbonyl (C=O) groups is 1. The van der Waals surface area contributed by atoms with Crippen LogP contribution >= 0.6 is 0 Å². The topological polar surface area (TPSA) is 109 Å². The smallest absolute Gasteiger partial charge is 0.256 e. The number of nitriles is 1. The van der Waals surface area contributed by atoms with Crippen molar-refractivity contribution in [2.45, 2.75) is 32.9 Å². The molecule has 1 saturated heterocycles. The monoisotopic (exact) mass is 511 g/mol. The minimum absolute atomic E-state index is 0.0256. The summed E-state index contributed by atoms with van der Waals surface area (Å²) in [4.78, 5) is 26.3. The van der Waals surface area contributed by atoms with Gasteiger partial charge in [-0.1, -0.05) is 0 Å². The van der Waals surface area contributed by atoms with Crippen LogP contribution in [0.2, 0.25) is 0 Å². The lowest BCUT2D eigenvalue weighted by Gasteiger charge is -2.45. The number of aromatic nitrogens is 4. The molecule has 0 spiro atoms. The highest BCUT2D eigenvalue weighted by Gasteiger charge is 2.34. The number of carbonyl (C=O) groups excluding carboxylic acids is 1. The molecule has 0 N–H and O–H groups in total. The Labute approximate surface area is 221 Å². The average Bonchev–Trinajstić information content (AvgIpc) is 3.35. The lowest BCUT2D eigenvalue weighted by Crippen LogP contribution is -2.59. The maximum atomic E-state index is 13.2. The lowest BCUT2D eigenvalue weighted by atomic mass is 10.0. The summed E-state index contributed by atoms with van der Waals surface area (Å²) in [6, 6.07) is 11.5. The maximum Gasteiger partial charge on any atom is 0.256 e. The van der Waals surface area contributed by atoms with Crippen molar-refractivity contribution in [3.8, 4) is 28.8 Å². The quantitative estimate of drug-likeness (QED) is 0.385. The van der Waals surface area contributed by atoms with Crippen molar-refractivity contribution in [3.05, 3.63) is 66.2 Å². The molecule has 0 bridgehead atoms. The second kappa shape index (κ2) is 10.4. The Morgan fingerprint density at radius 1 is 1.11 bits per heavy atom. The summed E-state index contributed by atoms with van der Waals surface area (Å²) in [6.45, 7) is 7.84. The summed E-state index contributed by atoms with van der Waals surface area (Å²) < 4.78 is 12.5. The minimum Gasteiger partial charge on any atom is -0.492 e. The van der Waals surface area contributed by atoms with Crippen LogP contribution in [0, 0.1) is 11.3 Å². The van der Waals surface area contributed by atoms with Crippen molar-refractivity contribution in [2.24, 2.45) is 0 Å². The third-order valence-electron chi connectivity index (χ3n) is 6.75. The van der Waals surface area contributed by atoms with Crippen molar-refractivity contribution in [1.29, 1.82) is 5.26 Å². The summed E-state index contributed by atoms with van der Waals surface area (Å²) in [5.74, 6) is 1.93. The normalized spacial score (nSPS) is 17.3. The standard InChI is InChI=1S/C28H29N7O3/c1-5-38-23-10-24(27-22(11-29)14-32-34(27)17-23)20-6-8-25(30-12-20)33-15-18(2)35(19(3)16-33)28(36)21-7-9-26(37-4)31-13-21/h6-10,12-14,17-19H,5,15-16H2,1-4H3/t18-,19+. The van der Waals surface area contributed by atoms with E-state index in [1.165, 1.54) is 0 Å². The van der Waals surface area contributed by atoms with Gasteiger partial charge in [-0.2, -0.15) is 10.4 Å². The van der Waals surface area contributed by atoms with Gasteiger partial charge in [-0.05, 0) is 45.0 Å². The van der Waals surface area contributed by atoms with E-state index in [1.807, 2.05) is 50.1 Å². The Bertz CT molecular complexity index is 1480. The molecule has 5 heterocycles. The SMILES string of the molecule is CCOc1cc(-c2ccc(N3C[C@@H](C)N(C(=O)c4ccc(OC)nc4)[C@@H](C)C3)nc2)c2c(C#N)cnn2c1. The van der Waals surface area contributed by atoms with Gasteiger partial charge < -0.3 is 19.3 Å². The second-order valence-electron chi connectivity index (χ2n) is 9.30. The summed E-state index contributed by atoms with van der Waals surface area (Å²) in [5.41, 5.74) is 3.43. The lowest BCUT2D eigenvalue weighted by molar-refractivity contribution is 0.0573. The van der Waals surface area contributed by atoms with Crippen LogP contribution in [0.1, 0.15) is 36.7 Å². The number of hydrogen-bond donors (Lipinski definition) is 0. The van der Waals surface area contributed by atoms with Crippen LogP contribution in [0.4, 0.5) is 5.82 Å². The molecular formula is C28H29N7O3. The maximum absolute atomic E-state index is 13.2. The van der Waals surface area contributed by atoms with Crippen LogP contribution in [-0.4, -0.2) is 69.3 Å². The Morgan fingerprint density at radius 3 is 2.50 bits per heavy atom. The number of methoxy groups -OCH3 is 1. The third-order valence-corrected chi connectivity index (χ3v) is 6.75. The van der Waals surface area contributed by atoms with E-state index in [9.17, 15) is 10.1 Å². The first kappa shape index (κ1) is 25.0. The summed E-state index contributed by atoms with van der Waals surface area (Å²) in [7, 11) is 1.55. The van der Waals surface area contributed by atoms with Crippen LogP contribution in [0.25, 0.3) is 16.6 Å². The number of fused-ring (bicyclic) bond motifs is 1. The zero-order chi connectivity index (χ0) is 26.8. The largest absolute Gasteiger partial charge is 0.492 e. The summed E-state index contributed by atoms with van der Waals surface area (Å²) in [5, 5.41) is 13.9. The minimum atomic E-state index is -0.0459. The molecule has 38 heavy (non-hydrogen) atoms. The predicted molar refractivity (Wildman–Crippen MR) is 142 cm³/mol. The van der Waals surface area contributed by atoms with Crippen molar-refractivity contribution < 1.29 is 14.3 Å². The number of amides is 1. The Balaban J connectivity index is 1.37. The van der Waals surface area contributed by atoms with Crippen molar-refractivity contribution in [2.75, 3.05) is 31.7 Å². The molecule has 1 aliphatic rings. The number of rotatable bonds is 6. The number of piperazine rings is 1. The first-order chi connectivity index (χ1) is 18.4. The molecule has 4 aromatic rings. The molecule has 1 aliphatic heterocycles. The van der Waals surface area contributed by atoms with Crippen LogP contribution in [0.5, 0.6) is 11.6 Å². The average molecular weight is 512 g/mol. The molecule has 0 saturated carbocycles. The highest BCUT2D eigenvalue weighted by molar-refractivity contribution is 5.94. The van der Waals surface area contributed by atoms with E-state index in [4.69, 9.17) is 14.5 Å². The zero-order valence-electron chi connectivity index (χ0n) is 21.8. The van der Waals surface area contributed by atoms with Gasteiger partial charge in [0.2, 0.25) is 5.88 Å². The Hall–Kier alpha value is -4.65. The van der Waals surface area contributed by atoms with Gasteiger partial charge in [0.15, 0.2) is 0 Å². The van der Waals surface area contributed by atoms with E-state index >= 15 is 0 Å². The van der Waals surface area contributed by atoms with Gasteiger partial charge in [-0.15, -0.1) is 0 Å². The first-order valence-electron chi connectivity index (χ1n) is 12.5. The van der Waals surface area contributed by atoms with Crippen LogP contribution in [-0.2, 0) is 0 Å². The van der Waals surface area contributed by atoms with E-state index in [-0.39, 0.29) is 18.0 Å². The van der Waals surface area contributed by atoms with Crippen LogP contribution in [0.15, 0.2) is 55.1 Å². The highest BCUT2D eigenvalue weighted by Crippen LogP contribution is 2.32. The third kappa shape index (κ3) is 4.59. The van der Waals surface area contributed by atoms with Gasteiger partial charge in [0, 0.05) is 54.8 Å². The van der Waals surface area contributed by atoms with Crippen molar-refractivity contribution >= 4 is 17.2 Å². The number of ether oxygens (including phenoxy) is 2. The fourth-order valence-corrected chi connectivity index (χ4v) is 5.06. The van der Waals surface area contributed by atoms with E-state index in [0.717, 1.165) is 16.9 Å². The molecule has 0 unspecified atom stereocenters. The molecule has 4 aromatic heterocycles. The molecule has 1 amide bonds. The van der Waals surface area contributed by atoms with Crippen molar-refractivity contribution in [1.82, 2.24) is 24.5 Å². The van der Waals surface area contributed by atoms with Crippen LogP contribution < -0.4 is 14.4 Å². The first-order valence-corrected chi connectivity index (χ1v) is 12.5. The molecule has 5 rings (SSSR count). The fourth-order valence-electron chi connectivity index (χ4n) is 5.06. The Morgan fingerprint density at radius 2 is 1.89 bits per heavy atom. The molecule has 194 valence electrons. The molecule has 1 fully saturated rings. The molecule has 10 nitrogen and oxygen atoms in total. The number of pyridine rings is 3. The molecule has 0 radical (unpaired) electrons. The molecule has 2 atom stereocenters. The van der Waals surface area contributed by atoms with Gasteiger partial charge in [-0.3, -0.25) is 4.79 Å². The zero-order valence-corrected chi connectivity index (χ0v) is 21.8. The van der Waals surface area contributed by atoms with Gasteiger partial charge in [0.1, 0.15) is 17.6 Å². The number of anilines is 1. The fraction of sp³-hybridized carbons (Fsp3) is 0.321. The Kier molecular flexibility index (Phi) is 6.83. The predicted octanol–water partition coefficient (Wildman–Crippen LogP) is 3.81.